The molecule has 0 amide bonds. The standard InChI is InChI=1S/C7H7F5O5S.2C7H8F4O5S.C6H8F2O5S.C2H4O3S/c1-3(2)4(13)17-5(6(8,9)10)7(11,12)18(14,15)16;1-4(2)5(12)16-3-6(8,9)7(10,11)17(13,14)15;1-2-5(12)16-4-3-6(8,9)7(10,11)17(13,14)15;1-4(2)5(9)13-3-6(7,8)14(10,11)12;1-2-6(3,4)5/h5H,1H2,2H3,(H,14,15,16);1,3H2,2H3,(H,13,14,15);2H,1,3-4H2,(H,13,14,15);1,3H2,2H3,(H,10,11,12);2H,1H2,(H,3,4,5). The summed E-state index contributed by atoms with van der Waals surface area (Å²) < 4.78 is 342. The summed E-state index contributed by atoms with van der Waals surface area (Å²) >= 11 is 0. The molecule has 0 saturated heterocycles. The van der Waals surface area contributed by atoms with Crippen molar-refractivity contribution in [3.8, 4) is 0 Å². The summed E-state index contributed by atoms with van der Waals surface area (Å²) in [6, 6.07) is 0. The van der Waals surface area contributed by atoms with Gasteiger partial charge in [-0.1, -0.05) is 32.9 Å². The van der Waals surface area contributed by atoms with Crippen LogP contribution in [0.4, 0.5) is 65.9 Å². The fourth-order valence-corrected chi connectivity index (χ4v) is 3.82. The quantitative estimate of drug-likeness (QED) is 0.0366. The van der Waals surface area contributed by atoms with Crippen LogP contribution in [0, 0.1) is 0 Å². The van der Waals surface area contributed by atoms with Crippen molar-refractivity contribution in [1.29, 1.82) is 0 Å². The Labute approximate surface area is 395 Å². The Morgan fingerprint density at radius 3 is 1.08 bits per heavy atom. The molecule has 0 radical (unpaired) electrons. The molecule has 0 aromatic rings. The highest BCUT2D eigenvalue weighted by Gasteiger charge is 2.68. The van der Waals surface area contributed by atoms with Crippen molar-refractivity contribution in [3.05, 3.63) is 61.1 Å². The summed E-state index contributed by atoms with van der Waals surface area (Å²) in [6.07, 6.45) is -11.4. The minimum atomic E-state index is -6.42. The van der Waals surface area contributed by atoms with Crippen LogP contribution in [0.3, 0.4) is 0 Å². The molecule has 0 heterocycles. The van der Waals surface area contributed by atoms with Crippen molar-refractivity contribution in [2.45, 2.75) is 72.3 Å². The highest BCUT2D eigenvalue weighted by molar-refractivity contribution is 7.88. The highest BCUT2D eigenvalue weighted by atomic mass is 32.2. The molecule has 0 aliphatic carbocycles. The molecule has 0 aliphatic rings. The molecular weight excluding hydrogens is 1160 g/mol. The topological polar surface area (TPSA) is 377 Å². The van der Waals surface area contributed by atoms with E-state index in [0.29, 0.717) is 11.5 Å². The van der Waals surface area contributed by atoms with Crippen molar-refractivity contribution in [2.24, 2.45) is 0 Å². The van der Waals surface area contributed by atoms with Crippen molar-refractivity contribution < 1.29 is 169 Å². The van der Waals surface area contributed by atoms with Crippen LogP contribution >= 0.6 is 0 Å². The third-order valence-electron chi connectivity index (χ3n) is 5.89. The van der Waals surface area contributed by atoms with Gasteiger partial charge in [-0.15, -0.1) is 0 Å². The largest absolute Gasteiger partial charge is 0.462 e. The van der Waals surface area contributed by atoms with E-state index >= 15 is 0 Å². The maximum atomic E-state index is 12.8. The molecule has 0 fully saturated rings. The van der Waals surface area contributed by atoms with E-state index in [-0.39, 0.29) is 11.1 Å². The number of carbonyl (C=O) groups is 4. The van der Waals surface area contributed by atoms with Gasteiger partial charge >= 0.3 is 103 Å². The van der Waals surface area contributed by atoms with Gasteiger partial charge in [-0.2, -0.15) is 108 Å². The number of alkyl halides is 15. The second kappa shape index (κ2) is 27.4. The molecule has 0 spiro atoms. The van der Waals surface area contributed by atoms with E-state index in [4.69, 9.17) is 22.8 Å². The molecule has 23 nitrogen and oxygen atoms in total. The Bertz CT molecular complexity index is 2550. The molecule has 0 aromatic carbocycles. The van der Waals surface area contributed by atoms with Gasteiger partial charge in [0.25, 0.3) is 16.2 Å². The average Bonchev–Trinajstić information content (AvgIpc) is 3.15. The van der Waals surface area contributed by atoms with Gasteiger partial charge in [-0.3, -0.25) is 22.8 Å². The lowest BCUT2D eigenvalue weighted by Gasteiger charge is -2.25. The molecule has 43 heteroatoms. The number of ether oxygens (including phenoxy) is 4. The minimum Gasteiger partial charge on any atom is -0.462 e. The molecule has 5 N–H and O–H groups in total. The highest BCUT2D eigenvalue weighted by Crippen LogP contribution is 2.41. The third kappa shape index (κ3) is 26.2. The molecule has 0 bridgehead atoms. The van der Waals surface area contributed by atoms with Crippen molar-refractivity contribution >= 4 is 74.5 Å². The second-order valence-electron chi connectivity index (χ2n) is 12.2. The van der Waals surface area contributed by atoms with E-state index in [1.165, 1.54) is 6.92 Å². The summed E-state index contributed by atoms with van der Waals surface area (Å²) in [6.45, 7) is 12.7. The Morgan fingerprint density at radius 2 is 0.833 bits per heavy atom. The molecule has 1 unspecified atom stereocenters. The molecule has 1 atom stereocenters. The zero-order valence-corrected chi connectivity index (χ0v) is 39.5. The van der Waals surface area contributed by atoms with Crippen LogP contribution < -0.4 is 0 Å². The van der Waals surface area contributed by atoms with Crippen LogP contribution in [0.25, 0.3) is 0 Å². The SMILES string of the molecule is C=C(C)C(=O)OC(C(F)(F)F)C(F)(F)S(=O)(=O)O.C=C(C)C(=O)OCC(F)(F)C(F)(F)S(=O)(=O)O.C=C(C)C(=O)OCC(F)(F)S(=O)(=O)O.C=CC(=O)OCCC(F)(F)C(F)(F)S(=O)(=O)O.C=CS(=O)(=O)O. The first kappa shape index (κ1) is 76.0. The average molecular weight is 1200 g/mol. The first-order valence-corrected chi connectivity index (χ1v) is 23.5. The van der Waals surface area contributed by atoms with Gasteiger partial charge in [-0.05, 0) is 20.8 Å². The van der Waals surface area contributed by atoms with Gasteiger partial charge in [0.1, 0.15) is 0 Å². The fraction of sp³-hybridized carbons (Fsp3) is 0.517. The lowest BCUT2D eigenvalue weighted by Crippen LogP contribution is -2.52. The first-order chi connectivity index (χ1) is 31.1. The van der Waals surface area contributed by atoms with Gasteiger partial charge in [0.2, 0.25) is 0 Å². The second-order valence-corrected chi connectivity index (χ2v) is 19.5. The van der Waals surface area contributed by atoms with Crippen LogP contribution in [-0.2, 0) is 88.7 Å². The van der Waals surface area contributed by atoms with Gasteiger partial charge in [0, 0.05) is 22.8 Å². The van der Waals surface area contributed by atoms with Crippen LogP contribution in [0.2, 0.25) is 0 Å². The van der Waals surface area contributed by atoms with Crippen molar-refractivity contribution in [3.63, 3.8) is 0 Å². The van der Waals surface area contributed by atoms with E-state index in [9.17, 15) is 127 Å². The zero-order valence-electron chi connectivity index (χ0n) is 35.4. The van der Waals surface area contributed by atoms with Gasteiger partial charge in [-0.25, -0.2) is 19.2 Å². The smallest absolute Gasteiger partial charge is 0.435 e. The molecule has 0 aromatic heterocycles. The van der Waals surface area contributed by atoms with E-state index in [0.717, 1.165) is 13.8 Å². The Hall–Kier alpha value is -4.92. The molecule has 0 saturated carbocycles. The lowest BCUT2D eigenvalue weighted by atomic mass is 10.2. The Morgan fingerprint density at radius 1 is 0.514 bits per heavy atom. The summed E-state index contributed by atoms with van der Waals surface area (Å²) in [5.41, 5.74) is -1.15. The van der Waals surface area contributed by atoms with Crippen LogP contribution in [-0.4, -0.2) is 154 Å². The van der Waals surface area contributed by atoms with E-state index < -0.39 is 151 Å². The maximum Gasteiger partial charge on any atom is 0.435 e. The van der Waals surface area contributed by atoms with Crippen LogP contribution in [0.15, 0.2) is 61.1 Å². The van der Waals surface area contributed by atoms with E-state index in [1.54, 1.807) is 0 Å². The monoisotopic (exact) mass is 1200 g/mol. The maximum absolute atomic E-state index is 12.8. The van der Waals surface area contributed by atoms with Crippen molar-refractivity contribution in [2.75, 3.05) is 19.8 Å². The molecule has 0 aliphatic heterocycles. The lowest BCUT2D eigenvalue weighted by molar-refractivity contribution is -0.257. The van der Waals surface area contributed by atoms with Gasteiger partial charge < -0.3 is 18.9 Å². The molecule has 0 rings (SSSR count). The van der Waals surface area contributed by atoms with Gasteiger partial charge in [0.15, 0.2) is 13.2 Å². The Kier molecular flexibility index (Phi) is 28.9. The summed E-state index contributed by atoms with van der Waals surface area (Å²) in [7, 11) is -28.5. The Balaban J connectivity index is -0.000000267. The number of esters is 4. The number of carbonyl (C=O) groups excluding carboxylic acids is 4. The summed E-state index contributed by atoms with van der Waals surface area (Å²) in [4.78, 5) is 42.4. The van der Waals surface area contributed by atoms with E-state index in [1.807, 2.05) is 0 Å². The first-order valence-electron chi connectivity index (χ1n) is 16.3. The summed E-state index contributed by atoms with van der Waals surface area (Å²) in [5.74, 6) is -15.9. The summed E-state index contributed by atoms with van der Waals surface area (Å²) in [5, 5.41) is -21.2. The predicted octanol–water partition coefficient (Wildman–Crippen LogP) is 4.56. The minimum absolute atomic E-state index is 0.156. The van der Waals surface area contributed by atoms with E-state index in [2.05, 4.69) is 51.8 Å². The zero-order chi connectivity index (χ0) is 59.7. The number of hydrogen-bond donors (Lipinski definition) is 5. The number of rotatable bonds is 20. The third-order valence-corrected chi connectivity index (χ3v) is 9.98. The normalized spacial score (nSPS) is 13.3. The van der Waals surface area contributed by atoms with Crippen LogP contribution in [0.1, 0.15) is 27.2 Å². The fourth-order valence-electron chi connectivity index (χ4n) is 2.24. The van der Waals surface area contributed by atoms with Crippen molar-refractivity contribution in [1.82, 2.24) is 0 Å². The number of halogens is 15. The molecule has 72 heavy (non-hydrogen) atoms. The molecular formula is C29H35F15O23S5. The van der Waals surface area contributed by atoms with Crippen LogP contribution in [0.5, 0.6) is 0 Å². The van der Waals surface area contributed by atoms with Gasteiger partial charge in [0.05, 0.1) is 18.4 Å². The number of hydrogen-bond acceptors (Lipinski definition) is 18. The molecule has 424 valence electrons. The predicted molar refractivity (Wildman–Crippen MR) is 206 cm³/mol.